The number of rotatable bonds is 16. The van der Waals surface area contributed by atoms with Crippen molar-refractivity contribution >= 4 is 43.9 Å². The van der Waals surface area contributed by atoms with E-state index in [0.29, 0.717) is 51.2 Å². The maximum atomic E-state index is 13.7. The van der Waals surface area contributed by atoms with Crippen molar-refractivity contribution in [2.24, 2.45) is 0 Å². The highest BCUT2D eigenvalue weighted by molar-refractivity contribution is 7.92. The largest absolute Gasteiger partial charge is 0.496 e. The average molecular weight is 736 g/mol. The summed E-state index contributed by atoms with van der Waals surface area (Å²) in [6, 6.07) is 17.5. The number of sulfonamides is 1. The van der Waals surface area contributed by atoms with Crippen LogP contribution in [0.15, 0.2) is 83.5 Å². The molecule has 53 heavy (non-hydrogen) atoms. The number of hydrogen-bond acceptors (Lipinski definition) is 8. The van der Waals surface area contributed by atoms with Crippen molar-refractivity contribution in [1.29, 1.82) is 0 Å². The molecule has 0 saturated heterocycles. The second kappa shape index (κ2) is 16.7. The zero-order chi connectivity index (χ0) is 37.5. The molecular weight excluding hydrogens is 687 g/mol. The standard InChI is InChI=1S/C42H49N5O5S/c1-6-8-10-11-12-17-26-46-38(52-37-24-22-31-18-13-14-20-34(31)40(37)46)21-16-15-19-33-30(4)44-47-41(33)43-39(29(3)42(47)48)35-28-32(23-25-36(35)51-5)45-53(49,50)27-9-7-2/h13-16,18-25,28,45H,6-12,17,26-27H2,1-5H3/b16-15+,33-19-,38-21-. The van der Waals surface area contributed by atoms with Crippen molar-refractivity contribution in [2.75, 3.05) is 29.0 Å². The second-order valence-corrected chi connectivity index (χ2v) is 15.4. The van der Waals surface area contributed by atoms with Gasteiger partial charge in [0.2, 0.25) is 15.9 Å². The Balaban J connectivity index is 1.34. The molecule has 0 aliphatic carbocycles. The van der Waals surface area contributed by atoms with Gasteiger partial charge in [0.05, 0.1) is 29.9 Å². The first-order valence-electron chi connectivity index (χ1n) is 18.6. The number of aryl methyl sites for hydroxylation is 1. The SMILES string of the molecule is CCCCCCCCN1/C(=C/C=C/C=c2/c(C)nn3c(=O)c(C)c(-c4cc(NS(=O)(=O)CCCC)ccc4OC)nc23)Oc2ccc3ccccc3c21. The van der Waals surface area contributed by atoms with Gasteiger partial charge in [0.1, 0.15) is 5.75 Å². The molecule has 0 fully saturated rings. The minimum absolute atomic E-state index is 0.0183. The molecule has 278 valence electrons. The van der Waals surface area contributed by atoms with Gasteiger partial charge in [-0.1, -0.05) is 94.9 Å². The minimum Gasteiger partial charge on any atom is -0.496 e. The molecule has 1 aliphatic rings. The topological polar surface area (TPSA) is 115 Å². The van der Waals surface area contributed by atoms with Crippen LogP contribution in [0.1, 0.15) is 76.5 Å². The molecular formula is C42H49N5O5S. The quantitative estimate of drug-likeness (QED) is 0.101. The van der Waals surface area contributed by atoms with Gasteiger partial charge >= 0.3 is 0 Å². The smallest absolute Gasteiger partial charge is 0.278 e. The predicted octanol–water partition coefficient (Wildman–Crippen LogP) is 8.23. The molecule has 3 heterocycles. The fourth-order valence-corrected chi connectivity index (χ4v) is 8.02. The summed E-state index contributed by atoms with van der Waals surface area (Å²) in [5.41, 5.74) is 3.45. The summed E-state index contributed by atoms with van der Waals surface area (Å²) in [7, 11) is -2.02. The lowest BCUT2D eigenvalue weighted by molar-refractivity contribution is 0.416. The Morgan fingerprint density at radius 3 is 2.45 bits per heavy atom. The summed E-state index contributed by atoms with van der Waals surface area (Å²) < 4.78 is 41.4. The van der Waals surface area contributed by atoms with E-state index in [9.17, 15) is 13.2 Å². The van der Waals surface area contributed by atoms with Gasteiger partial charge in [0, 0.05) is 34.0 Å². The number of nitrogens with one attached hydrogen (secondary N) is 1. The van der Waals surface area contributed by atoms with E-state index >= 15 is 0 Å². The third-order valence-corrected chi connectivity index (χ3v) is 11.0. The zero-order valence-corrected chi connectivity index (χ0v) is 32.1. The van der Waals surface area contributed by atoms with Crippen LogP contribution in [0.25, 0.3) is 33.8 Å². The minimum atomic E-state index is -3.55. The number of hydrogen-bond donors (Lipinski definition) is 1. The predicted molar refractivity (Wildman–Crippen MR) is 215 cm³/mol. The first kappa shape index (κ1) is 37.6. The van der Waals surface area contributed by atoms with Crippen LogP contribution < -0.4 is 29.9 Å². The van der Waals surface area contributed by atoms with Crippen LogP contribution in [0.4, 0.5) is 11.4 Å². The number of allylic oxidation sites excluding steroid dienone is 3. The highest BCUT2D eigenvalue weighted by Gasteiger charge is 2.27. The van der Waals surface area contributed by atoms with Gasteiger partial charge in [-0.05, 0) is 68.5 Å². The number of methoxy groups -OCH3 is 1. The summed E-state index contributed by atoms with van der Waals surface area (Å²) in [6.45, 7) is 8.57. The summed E-state index contributed by atoms with van der Waals surface area (Å²) in [5, 5.41) is 7.57. The fraction of sp³-hybridized carbons (Fsp3) is 0.357. The van der Waals surface area contributed by atoms with Gasteiger partial charge in [-0.3, -0.25) is 9.52 Å². The Morgan fingerprint density at radius 1 is 0.906 bits per heavy atom. The fourth-order valence-electron chi connectivity index (χ4n) is 6.76. The van der Waals surface area contributed by atoms with Gasteiger partial charge < -0.3 is 14.4 Å². The van der Waals surface area contributed by atoms with Crippen molar-refractivity contribution in [3.63, 3.8) is 0 Å². The Labute approximate surface area is 311 Å². The maximum absolute atomic E-state index is 13.7. The molecule has 11 heteroatoms. The van der Waals surface area contributed by atoms with Gasteiger partial charge in [-0.25, -0.2) is 13.4 Å². The summed E-state index contributed by atoms with van der Waals surface area (Å²) in [6.07, 6.45) is 16.3. The van der Waals surface area contributed by atoms with Crippen LogP contribution in [0.2, 0.25) is 0 Å². The monoisotopic (exact) mass is 735 g/mol. The molecule has 2 aromatic heterocycles. The third-order valence-electron chi connectivity index (χ3n) is 9.62. The number of fused-ring (bicyclic) bond motifs is 4. The van der Waals surface area contributed by atoms with Crippen molar-refractivity contribution in [3.8, 4) is 22.8 Å². The number of nitrogens with zero attached hydrogens (tertiary/aromatic N) is 4. The van der Waals surface area contributed by atoms with Crippen LogP contribution in [-0.2, 0) is 10.0 Å². The summed E-state index contributed by atoms with van der Waals surface area (Å²) >= 11 is 0. The molecule has 10 nitrogen and oxygen atoms in total. The molecule has 0 radical (unpaired) electrons. The number of benzene rings is 3. The van der Waals surface area contributed by atoms with Crippen LogP contribution in [0.3, 0.4) is 0 Å². The highest BCUT2D eigenvalue weighted by atomic mass is 32.2. The molecule has 0 atom stereocenters. The number of ether oxygens (including phenoxy) is 2. The van der Waals surface area contributed by atoms with Crippen molar-refractivity contribution in [3.05, 3.63) is 106 Å². The van der Waals surface area contributed by atoms with E-state index < -0.39 is 10.0 Å². The van der Waals surface area contributed by atoms with Gasteiger partial charge in [0.25, 0.3) is 5.56 Å². The van der Waals surface area contributed by atoms with Gasteiger partial charge in [-0.15, -0.1) is 0 Å². The first-order valence-corrected chi connectivity index (χ1v) is 20.3. The van der Waals surface area contributed by atoms with Crippen LogP contribution in [0, 0.1) is 13.8 Å². The molecule has 0 amide bonds. The molecule has 0 spiro atoms. The van der Waals surface area contributed by atoms with Crippen LogP contribution in [-0.4, -0.2) is 42.4 Å². The third kappa shape index (κ3) is 8.25. The molecule has 0 saturated carbocycles. The lowest BCUT2D eigenvalue weighted by Crippen LogP contribution is -2.21. The molecule has 1 aliphatic heterocycles. The second-order valence-electron chi connectivity index (χ2n) is 13.5. The van der Waals surface area contributed by atoms with Crippen LogP contribution >= 0.6 is 0 Å². The molecule has 0 unspecified atom stereocenters. The van der Waals surface area contributed by atoms with E-state index in [0.717, 1.165) is 36.7 Å². The average Bonchev–Trinajstić information content (AvgIpc) is 3.68. The van der Waals surface area contributed by atoms with Crippen LogP contribution in [0.5, 0.6) is 11.5 Å². The number of anilines is 2. The lowest BCUT2D eigenvalue weighted by atomic mass is 10.1. The van der Waals surface area contributed by atoms with Crippen molar-refractivity contribution < 1.29 is 17.9 Å². The molecule has 1 N–H and O–H groups in total. The van der Waals surface area contributed by atoms with Gasteiger partial charge in [0.15, 0.2) is 11.4 Å². The van der Waals surface area contributed by atoms with E-state index in [1.165, 1.54) is 54.5 Å². The number of aromatic nitrogens is 3. The maximum Gasteiger partial charge on any atom is 0.278 e. The van der Waals surface area contributed by atoms with E-state index in [1.807, 2.05) is 44.2 Å². The summed E-state index contributed by atoms with van der Waals surface area (Å²) in [5.74, 6) is 2.09. The van der Waals surface area contributed by atoms with Crippen molar-refractivity contribution in [2.45, 2.75) is 79.1 Å². The number of unbranched alkanes of at least 4 members (excludes halogenated alkanes) is 6. The van der Waals surface area contributed by atoms with E-state index in [-0.39, 0.29) is 11.3 Å². The van der Waals surface area contributed by atoms with Crippen molar-refractivity contribution in [1.82, 2.24) is 14.6 Å². The van der Waals surface area contributed by atoms with E-state index in [4.69, 9.17) is 14.5 Å². The molecule has 5 aromatic rings. The molecule has 3 aromatic carbocycles. The molecule has 6 rings (SSSR count). The lowest BCUT2D eigenvalue weighted by Gasteiger charge is -2.19. The van der Waals surface area contributed by atoms with E-state index in [1.54, 1.807) is 25.1 Å². The Bertz CT molecular complexity index is 2400. The zero-order valence-electron chi connectivity index (χ0n) is 31.3. The first-order chi connectivity index (χ1) is 25.7. The Morgan fingerprint density at radius 2 is 1.66 bits per heavy atom. The molecule has 0 bridgehead atoms. The van der Waals surface area contributed by atoms with E-state index in [2.05, 4.69) is 52.0 Å². The Hall–Kier alpha value is -5.16. The summed E-state index contributed by atoms with van der Waals surface area (Å²) in [4.78, 5) is 20.9. The Kier molecular flexibility index (Phi) is 11.8. The normalized spacial score (nSPS) is 14.2. The van der Waals surface area contributed by atoms with Gasteiger partial charge in [-0.2, -0.15) is 9.61 Å². The highest BCUT2D eigenvalue weighted by Crippen LogP contribution is 2.44.